The van der Waals surface area contributed by atoms with Gasteiger partial charge in [0.05, 0.1) is 12.3 Å². The normalized spacial score (nSPS) is 17.8. The van der Waals surface area contributed by atoms with Crippen LogP contribution >= 0.6 is 0 Å². The number of hydrogen-bond acceptors (Lipinski definition) is 7. The van der Waals surface area contributed by atoms with Crippen LogP contribution in [0.5, 0.6) is 5.88 Å². The van der Waals surface area contributed by atoms with E-state index in [1.807, 2.05) is 12.1 Å². The van der Waals surface area contributed by atoms with Crippen LogP contribution in [0.2, 0.25) is 0 Å². The molecule has 0 spiro atoms. The number of carbonyl (C=O) groups is 2. The van der Waals surface area contributed by atoms with Crippen LogP contribution in [0.3, 0.4) is 0 Å². The number of alkyl halides is 3. The molecule has 0 amide bonds. The Labute approximate surface area is 195 Å². The van der Waals surface area contributed by atoms with Crippen LogP contribution in [0.4, 0.5) is 13.2 Å². The monoisotopic (exact) mass is 497 g/mol. The first kappa shape index (κ1) is 25.7. The van der Waals surface area contributed by atoms with Crippen molar-refractivity contribution in [1.29, 1.82) is 0 Å². The number of halogens is 3. The number of aliphatic carboxylic acids is 1. The lowest BCUT2D eigenvalue weighted by Crippen LogP contribution is -2.24. The van der Waals surface area contributed by atoms with Gasteiger partial charge in [0.25, 0.3) is 5.88 Å². The van der Waals surface area contributed by atoms with Gasteiger partial charge in [-0.25, -0.2) is 14.7 Å². The summed E-state index contributed by atoms with van der Waals surface area (Å²) in [6, 6.07) is 8.06. The van der Waals surface area contributed by atoms with Crippen molar-refractivity contribution in [3.63, 3.8) is 0 Å². The van der Waals surface area contributed by atoms with Gasteiger partial charge in [-0.05, 0) is 48.8 Å². The number of rotatable bonds is 6. The first-order valence-corrected chi connectivity index (χ1v) is 10.4. The third kappa shape index (κ3) is 6.56. The second kappa shape index (κ2) is 11.0. The van der Waals surface area contributed by atoms with Crippen LogP contribution < -0.4 is 4.74 Å². The van der Waals surface area contributed by atoms with Crippen molar-refractivity contribution in [3.8, 4) is 17.1 Å². The largest absolute Gasteiger partial charge is 0.490 e. The Morgan fingerprint density at radius 3 is 2.31 bits per heavy atom. The minimum atomic E-state index is -5.08. The maximum atomic E-state index is 11.1. The topological polar surface area (TPSA) is 174 Å². The first-order valence-electron chi connectivity index (χ1n) is 10.4. The third-order valence-corrected chi connectivity index (χ3v) is 5.49. The van der Waals surface area contributed by atoms with E-state index in [4.69, 9.17) is 19.7 Å². The molecule has 0 bridgehead atoms. The number of H-pyrrole nitrogens is 2. The zero-order valence-corrected chi connectivity index (χ0v) is 18.1. The molecule has 188 valence electrons. The number of carboxylic acids is 2. The lowest BCUT2D eigenvalue weighted by molar-refractivity contribution is -0.192. The van der Waals surface area contributed by atoms with Gasteiger partial charge in [0.15, 0.2) is 0 Å². The van der Waals surface area contributed by atoms with E-state index >= 15 is 0 Å². The van der Waals surface area contributed by atoms with Crippen molar-refractivity contribution < 1.29 is 42.8 Å². The molecule has 0 atom stereocenters. The average molecular weight is 497 g/mol. The van der Waals surface area contributed by atoms with Gasteiger partial charge in [-0.3, -0.25) is 5.10 Å². The number of ether oxygens (including phenoxy) is 1. The molecule has 14 heteroatoms. The molecule has 2 heterocycles. The number of aromatic carboxylic acids is 1. The molecule has 0 saturated heterocycles. The number of nitrogens with one attached hydrogen (secondary N) is 2. The van der Waals surface area contributed by atoms with Crippen LogP contribution in [-0.4, -0.2) is 65.1 Å². The number of nitrogens with zero attached hydrogens (tertiary/aromatic N) is 3. The van der Waals surface area contributed by atoms with Gasteiger partial charge in [0, 0.05) is 11.8 Å². The fourth-order valence-corrected chi connectivity index (χ4v) is 3.78. The molecular weight excluding hydrogens is 475 g/mol. The molecule has 11 nitrogen and oxygen atoms in total. The van der Waals surface area contributed by atoms with Gasteiger partial charge in [-0.1, -0.05) is 28.5 Å². The fourth-order valence-electron chi connectivity index (χ4n) is 3.78. The summed E-state index contributed by atoms with van der Waals surface area (Å²) in [5, 5.41) is 42.5. The lowest BCUT2D eigenvalue weighted by atomic mass is 9.81. The third-order valence-electron chi connectivity index (χ3n) is 5.49. The summed E-state index contributed by atoms with van der Waals surface area (Å²) in [6.45, 7) is -0.0369. The molecule has 0 radical (unpaired) electrons. The van der Waals surface area contributed by atoms with E-state index in [2.05, 4.69) is 37.7 Å². The Bertz CT molecular complexity index is 1140. The van der Waals surface area contributed by atoms with Gasteiger partial charge < -0.3 is 20.1 Å². The summed E-state index contributed by atoms with van der Waals surface area (Å²) < 4.78 is 37.5. The van der Waals surface area contributed by atoms with Gasteiger partial charge in [-0.15, -0.1) is 0 Å². The van der Waals surface area contributed by atoms with E-state index in [9.17, 15) is 23.1 Å². The SMILES string of the molecule is O=C(O)C(F)(F)F.O=C(O)c1[nH]nnc1OC1CCC(c2ccc(-c3ccn[nH]3)c(CO)c2)CC1. The molecule has 2 aromatic heterocycles. The zero-order valence-electron chi connectivity index (χ0n) is 18.1. The molecule has 4 rings (SSSR count). The first-order chi connectivity index (χ1) is 16.6. The van der Waals surface area contributed by atoms with Gasteiger partial charge in [0.1, 0.15) is 6.10 Å². The molecule has 0 aliphatic heterocycles. The summed E-state index contributed by atoms with van der Waals surface area (Å²) in [7, 11) is 0. The Kier molecular flexibility index (Phi) is 8.06. The smallest absolute Gasteiger partial charge is 0.476 e. The highest BCUT2D eigenvalue weighted by Crippen LogP contribution is 2.36. The summed E-state index contributed by atoms with van der Waals surface area (Å²) >= 11 is 0. The molecule has 3 aromatic rings. The Hall–Kier alpha value is -3.94. The number of carboxylic acid groups (broad SMARTS) is 2. The van der Waals surface area contributed by atoms with Crippen molar-refractivity contribution in [1.82, 2.24) is 25.6 Å². The average Bonchev–Trinajstić information content (AvgIpc) is 3.51. The van der Waals surface area contributed by atoms with Crippen molar-refractivity contribution in [2.75, 3.05) is 0 Å². The lowest BCUT2D eigenvalue weighted by Gasteiger charge is -2.29. The minimum absolute atomic E-state index is 0.0369. The Morgan fingerprint density at radius 1 is 1.09 bits per heavy atom. The van der Waals surface area contributed by atoms with E-state index in [0.717, 1.165) is 42.5 Å². The van der Waals surface area contributed by atoms with Gasteiger partial charge >= 0.3 is 18.1 Å². The molecule has 1 saturated carbocycles. The Balaban J connectivity index is 0.000000429. The molecular formula is C21H22F3N5O6. The van der Waals surface area contributed by atoms with E-state index in [1.165, 1.54) is 5.56 Å². The van der Waals surface area contributed by atoms with E-state index in [0.29, 0.717) is 5.92 Å². The van der Waals surface area contributed by atoms with E-state index < -0.39 is 18.1 Å². The fraction of sp³-hybridized carbons (Fsp3) is 0.381. The molecule has 1 aliphatic rings. The van der Waals surface area contributed by atoms with Crippen LogP contribution in [-0.2, 0) is 11.4 Å². The molecule has 5 N–H and O–H groups in total. The van der Waals surface area contributed by atoms with Gasteiger partial charge in [0.2, 0.25) is 5.69 Å². The predicted octanol–water partition coefficient (Wildman–Crippen LogP) is 3.12. The second-order valence-corrected chi connectivity index (χ2v) is 7.74. The highest BCUT2D eigenvalue weighted by Gasteiger charge is 2.38. The summed E-state index contributed by atoms with van der Waals surface area (Å²) in [5.41, 5.74) is 3.78. The summed E-state index contributed by atoms with van der Waals surface area (Å²) in [6.07, 6.45) is -0.0453. The Morgan fingerprint density at radius 2 is 1.77 bits per heavy atom. The van der Waals surface area contributed by atoms with Crippen LogP contribution in [0.25, 0.3) is 11.3 Å². The van der Waals surface area contributed by atoms with Gasteiger partial charge in [-0.2, -0.15) is 18.3 Å². The molecule has 0 unspecified atom stereocenters. The van der Waals surface area contributed by atoms with E-state index in [-0.39, 0.29) is 24.3 Å². The van der Waals surface area contributed by atoms with Crippen molar-refractivity contribution in [2.24, 2.45) is 0 Å². The quantitative estimate of drug-likeness (QED) is 0.343. The van der Waals surface area contributed by atoms with Crippen molar-refractivity contribution >= 4 is 11.9 Å². The number of aromatic amines is 2. The maximum absolute atomic E-state index is 11.1. The predicted molar refractivity (Wildman–Crippen MR) is 113 cm³/mol. The highest BCUT2D eigenvalue weighted by atomic mass is 19.4. The number of aromatic nitrogens is 5. The van der Waals surface area contributed by atoms with Crippen molar-refractivity contribution in [2.45, 2.75) is 50.5 Å². The summed E-state index contributed by atoms with van der Waals surface area (Å²) in [4.78, 5) is 20.0. The van der Waals surface area contributed by atoms with Crippen LogP contribution in [0, 0.1) is 0 Å². The standard InChI is InChI=1S/C19H21N5O4.C2HF3O2/c25-10-13-9-12(3-6-15(13)16-7-8-20-21-16)11-1-4-14(5-2-11)28-18-17(19(26)27)22-24-23-18;3-2(4,5)1(6)7/h3,6-9,11,14,25H,1-2,4-5,10H2,(H,20,21)(H,26,27)(H,22,23,24);(H,6,7). The van der Waals surface area contributed by atoms with Crippen molar-refractivity contribution in [3.05, 3.63) is 47.3 Å². The number of hydrogen-bond donors (Lipinski definition) is 5. The number of aliphatic hydroxyl groups excluding tert-OH is 1. The molecule has 1 fully saturated rings. The summed E-state index contributed by atoms with van der Waals surface area (Å²) in [5.74, 6) is -3.48. The second-order valence-electron chi connectivity index (χ2n) is 7.74. The minimum Gasteiger partial charge on any atom is -0.476 e. The number of benzene rings is 1. The van der Waals surface area contributed by atoms with Crippen LogP contribution in [0.15, 0.2) is 30.5 Å². The molecule has 35 heavy (non-hydrogen) atoms. The van der Waals surface area contributed by atoms with E-state index in [1.54, 1.807) is 6.20 Å². The van der Waals surface area contributed by atoms with Crippen LogP contribution in [0.1, 0.15) is 53.2 Å². The maximum Gasteiger partial charge on any atom is 0.490 e. The zero-order chi connectivity index (χ0) is 25.6. The number of aliphatic hydroxyl groups is 1. The molecule has 1 aliphatic carbocycles. The highest BCUT2D eigenvalue weighted by molar-refractivity contribution is 5.87. The molecule has 1 aromatic carbocycles.